The first kappa shape index (κ1) is 18.8. The van der Waals surface area contributed by atoms with E-state index in [0.717, 1.165) is 0 Å². The van der Waals surface area contributed by atoms with Crippen LogP contribution in [-0.4, -0.2) is 49.7 Å². The Labute approximate surface area is 146 Å². The maximum absolute atomic E-state index is 12.4. The fourth-order valence-electron chi connectivity index (χ4n) is 2.37. The fourth-order valence-corrected chi connectivity index (χ4v) is 5.98. The van der Waals surface area contributed by atoms with Crippen molar-refractivity contribution in [3.63, 3.8) is 0 Å². The quantitative estimate of drug-likeness (QED) is 0.765. The van der Waals surface area contributed by atoms with Crippen LogP contribution < -0.4 is 5.32 Å². The number of ether oxygens (including phenoxy) is 1. The minimum atomic E-state index is -2.98. The monoisotopic (exact) mass is 371 g/mol. The highest BCUT2D eigenvalue weighted by atomic mass is 32.2. The number of amides is 1. The van der Waals surface area contributed by atoms with E-state index in [4.69, 9.17) is 4.74 Å². The van der Waals surface area contributed by atoms with Crippen LogP contribution >= 0.6 is 11.8 Å². The summed E-state index contributed by atoms with van der Waals surface area (Å²) < 4.78 is 28.4. The molecular weight excluding hydrogens is 350 g/mol. The van der Waals surface area contributed by atoms with Crippen LogP contribution in [0.5, 0.6) is 0 Å². The van der Waals surface area contributed by atoms with E-state index in [-0.39, 0.29) is 22.7 Å². The molecule has 1 aliphatic rings. The van der Waals surface area contributed by atoms with E-state index in [2.05, 4.69) is 5.32 Å². The van der Waals surface area contributed by atoms with Crippen molar-refractivity contribution < 1.29 is 22.7 Å². The molecule has 0 spiro atoms. The molecule has 1 heterocycles. The van der Waals surface area contributed by atoms with Crippen molar-refractivity contribution in [1.82, 2.24) is 5.32 Å². The second kappa shape index (κ2) is 8.02. The topological polar surface area (TPSA) is 89.5 Å². The van der Waals surface area contributed by atoms with Gasteiger partial charge in [-0.05, 0) is 32.4 Å². The molecule has 0 bridgehead atoms. The summed E-state index contributed by atoms with van der Waals surface area (Å²) in [5, 5.41) is 2.53. The van der Waals surface area contributed by atoms with Gasteiger partial charge in [-0.3, -0.25) is 4.79 Å². The van der Waals surface area contributed by atoms with Crippen molar-refractivity contribution in [2.24, 2.45) is 0 Å². The van der Waals surface area contributed by atoms with Gasteiger partial charge in [-0.1, -0.05) is 12.1 Å². The molecular formula is C16H21NO5S2. The summed E-state index contributed by atoms with van der Waals surface area (Å²) in [7, 11) is -2.98. The number of benzene rings is 1. The SMILES string of the molecule is CCNC(=O)[C@@H](C)OC(=O)c1ccccc1S[C@H]1CCS(=O)(=O)C1. The number of carbonyl (C=O) groups excluding carboxylic acids is 2. The Hall–Kier alpha value is -1.54. The Balaban J connectivity index is 2.08. The van der Waals surface area contributed by atoms with Gasteiger partial charge in [-0.2, -0.15) is 0 Å². The Morgan fingerprint density at radius 3 is 2.71 bits per heavy atom. The molecule has 1 saturated heterocycles. The van der Waals surface area contributed by atoms with E-state index in [1.165, 1.54) is 18.7 Å². The third-order valence-electron chi connectivity index (χ3n) is 3.60. The highest BCUT2D eigenvalue weighted by Gasteiger charge is 2.30. The Morgan fingerprint density at radius 1 is 1.38 bits per heavy atom. The highest BCUT2D eigenvalue weighted by molar-refractivity contribution is 8.02. The summed E-state index contributed by atoms with van der Waals surface area (Å²) in [5.41, 5.74) is 0.350. The van der Waals surface area contributed by atoms with Crippen LogP contribution in [0.3, 0.4) is 0 Å². The molecule has 1 amide bonds. The lowest BCUT2D eigenvalue weighted by Crippen LogP contribution is -2.35. The van der Waals surface area contributed by atoms with Gasteiger partial charge in [0.05, 0.1) is 17.1 Å². The van der Waals surface area contributed by atoms with Crippen molar-refractivity contribution in [3.05, 3.63) is 29.8 Å². The van der Waals surface area contributed by atoms with Gasteiger partial charge >= 0.3 is 5.97 Å². The van der Waals surface area contributed by atoms with E-state index in [9.17, 15) is 18.0 Å². The molecule has 0 radical (unpaired) electrons. The standard InChI is InChI=1S/C16H21NO5S2/c1-3-17-15(18)11(2)22-16(19)13-6-4-5-7-14(13)23-12-8-9-24(20,21)10-12/h4-7,11-12H,3,8-10H2,1-2H3,(H,17,18)/t11-,12+/m1/s1. The molecule has 0 unspecified atom stereocenters. The molecule has 24 heavy (non-hydrogen) atoms. The molecule has 132 valence electrons. The average molecular weight is 371 g/mol. The van der Waals surface area contributed by atoms with Gasteiger partial charge in [0.1, 0.15) is 0 Å². The normalized spacial score (nSPS) is 20.3. The molecule has 2 atom stereocenters. The second-order valence-corrected chi connectivity index (χ2v) is 9.15. The van der Waals surface area contributed by atoms with Crippen molar-refractivity contribution in [2.75, 3.05) is 18.1 Å². The first-order valence-electron chi connectivity index (χ1n) is 7.77. The summed E-state index contributed by atoms with van der Waals surface area (Å²) >= 11 is 1.37. The number of likely N-dealkylation sites (N-methyl/N-ethyl adjacent to an activating group) is 1. The minimum absolute atomic E-state index is 0.0650. The van der Waals surface area contributed by atoms with Gasteiger partial charge in [-0.25, -0.2) is 13.2 Å². The van der Waals surface area contributed by atoms with E-state index in [1.807, 2.05) is 0 Å². The largest absolute Gasteiger partial charge is 0.449 e. The van der Waals surface area contributed by atoms with Crippen molar-refractivity contribution in [1.29, 1.82) is 0 Å². The molecule has 6 nitrogen and oxygen atoms in total. The summed E-state index contributed by atoms with van der Waals surface area (Å²) in [5.74, 6) is -0.627. The molecule has 8 heteroatoms. The minimum Gasteiger partial charge on any atom is -0.449 e. The number of sulfone groups is 1. The van der Waals surface area contributed by atoms with Crippen molar-refractivity contribution >= 4 is 33.5 Å². The Bertz CT molecular complexity index is 717. The summed E-state index contributed by atoms with van der Waals surface area (Å²) in [6.45, 7) is 3.76. The third-order valence-corrected chi connectivity index (χ3v) is 6.92. The second-order valence-electron chi connectivity index (χ2n) is 5.58. The third kappa shape index (κ3) is 4.98. The first-order chi connectivity index (χ1) is 11.3. The molecule has 1 fully saturated rings. The maximum atomic E-state index is 12.4. The number of hydrogen-bond acceptors (Lipinski definition) is 6. The van der Waals surface area contributed by atoms with Crippen molar-refractivity contribution in [3.8, 4) is 0 Å². The fraction of sp³-hybridized carbons (Fsp3) is 0.500. The first-order valence-corrected chi connectivity index (χ1v) is 10.5. The molecule has 1 aromatic carbocycles. The Kier molecular flexibility index (Phi) is 6.28. The van der Waals surface area contributed by atoms with Crippen LogP contribution in [0, 0.1) is 0 Å². The number of rotatable bonds is 6. The molecule has 0 aliphatic carbocycles. The van der Waals surface area contributed by atoms with Gasteiger partial charge in [0.15, 0.2) is 15.9 Å². The lowest BCUT2D eigenvalue weighted by atomic mass is 10.2. The average Bonchev–Trinajstić information content (AvgIpc) is 2.86. The lowest BCUT2D eigenvalue weighted by molar-refractivity contribution is -0.128. The van der Waals surface area contributed by atoms with E-state index in [0.29, 0.717) is 23.4 Å². The van der Waals surface area contributed by atoms with E-state index in [1.54, 1.807) is 31.2 Å². The zero-order chi connectivity index (χ0) is 17.7. The molecule has 1 N–H and O–H groups in total. The van der Waals surface area contributed by atoms with Crippen LogP contribution in [-0.2, 0) is 19.4 Å². The predicted molar refractivity (Wildman–Crippen MR) is 92.9 cm³/mol. The van der Waals surface area contributed by atoms with Crippen LogP contribution in [0.1, 0.15) is 30.6 Å². The lowest BCUT2D eigenvalue weighted by Gasteiger charge is -2.15. The molecule has 2 rings (SSSR count). The number of carbonyl (C=O) groups is 2. The summed E-state index contributed by atoms with van der Waals surface area (Å²) in [6.07, 6.45) is -0.312. The van der Waals surface area contributed by atoms with Gasteiger partial charge in [0, 0.05) is 16.7 Å². The van der Waals surface area contributed by atoms with Crippen LogP contribution in [0.4, 0.5) is 0 Å². The van der Waals surface area contributed by atoms with Crippen molar-refractivity contribution in [2.45, 2.75) is 36.5 Å². The highest BCUT2D eigenvalue weighted by Crippen LogP contribution is 2.33. The van der Waals surface area contributed by atoms with E-state index >= 15 is 0 Å². The molecule has 0 saturated carbocycles. The van der Waals surface area contributed by atoms with Gasteiger partial charge in [0.2, 0.25) is 0 Å². The van der Waals surface area contributed by atoms with Crippen LogP contribution in [0.15, 0.2) is 29.2 Å². The van der Waals surface area contributed by atoms with Crippen LogP contribution in [0.25, 0.3) is 0 Å². The molecule has 1 aromatic rings. The number of hydrogen-bond donors (Lipinski definition) is 1. The maximum Gasteiger partial charge on any atom is 0.340 e. The summed E-state index contributed by atoms with van der Waals surface area (Å²) in [4.78, 5) is 24.7. The number of thioether (sulfide) groups is 1. The summed E-state index contributed by atoms with van der Waals surface area (Å²) in [6, 6.07) is 6.89. The van der Waals surface area contributed by atoms with Crippen LogP contribution in [0.2, 0.25) is 0 Å². The number of nitrogens with one attached hydrogen (secondary N) is 1. The zero-order valence-electron chi connectivity index (χ0n) is 13.7. The smallest absolute Gasteiger partial charge is 0.340 e. The predicted octanol–water partition coefficient (Wildman–Crippen LogP) is 1.65. The van der Waals surface area contributed by atoms with Gasteiger partial charge in [0.25, 0.3) is 5.91 Å². The number of esters is 1. The van der Waals surface area contributed by atoms with Gasteiger partial charge in [-0.15, -0.1) is 11.8 Å². The van der Waals surface area contributed by atoms with Gasteiger partial charge < -0.3 is 10.1 Å². The molecule has 1 aliphatic heterocycles. The Morgan fingerprint density at radius 2 is 2.08 bits per heavy atom. The molecule has 0 aromatic heterocycles. The van der Waals surface area contributed by atoms with E-state index < -0.39 is 21.9 Å². The zero-order valence-corrected chi connectivity index (χ0v) is 15.3.